The van der Waals surface area contributed by atoms with Crippen molar-refractivity contribution >= 4 is 23.1 Å². The van der Waals surface area contributed by atoms with E-state index >= 15 is 0 Å². The number of thiazole rings is 1. The highest BCUT2D eigenvalue weighted by atomic mass is 32.2. The lowest BCUT2D eigenvalue weighted by Gasteiger charge is -2.04. The Kier molecular flexibility index (Phi) is 3.58. The first-order valence-corrected chi connectivity index (χ1v) is 6.66. The van der Waals surface area contributed by atoms with Crippen LogP contribution in [0.3, 0.4) is 0 Å². The zero-order chi connectivity index (χ0) is 11.5. The van der Waals surface area contributed by atoms with Gasteiger partial charge in [-0.2, -0.15) is 0 Å². The summed E-state index contributed by atoms with van der Waals surface area (Å²) in [5, 5.41) is 3.00. The largest absolute Gasteiger partial charge is 0.324 e. The molecule has 1 atom stereocenters. The fourth-order valence-electron chi connectivity index (χ4n) is 1.19. The minimum absolute atomic E-state index is 0.0358. The van der Waals surface area contributed by atoms with Crippen molar-refractivity contribution in [3.05, 3.63) is 35.0 Å². The molecule has 2 aromatic rings. The zero-order valence-corrected chi connectivity index (χ0v) is 10.8. The topological polar surface area (TPSA) is 51.8 Å². The molecule has 0 spiro atoms. The summed E-state index contributed by atoms with van der Waals surface area (Å²) in [6.45, 7) is 3.95. The fraction of sp³-hybridized carbons (Fsp3) is 0.273. The van der Waals surface area contributed by atoms with Gasteiger partial charge in [-0.1, -0.05) is 6.07 Å². The third kappa shape index (κ3) is 2.81. The molecular formula is C11H13N3S2. The van der Waals surface area contributed by atoms with Crippen LogP contribution >= 0.6 is 23.1 Å². The van der Waals surface area contributed by atoms with E-state index in [2.05, 4.69) is 9.97 Å². The second kappa shape index (κ2) is 4.95. The Morgan fingerprint density at radius 2 is 2.25 bits per heavy atom. The molecule has 0 saturated carbocycles. The second-order valence-corrected chi connectivity index (χ2v) is 5.70. The summed E-state index contributed by atoms with van der Waals surface area (Å²) in [5.41, 5.74) is 7.87. The van der Waals surface area contributed by atoms with Gasteiger partial charge in [0.15, 0.2) is 4.34 Å². The van der Waals surface area contributed by atoms with Crippen molar-refractivity contribution < 1.29 is 0 Å². The number of aryl methyl sites for hydroxylation is 1. The minimum atomic E-state index is 0.0358. The van der Waals surface area contributed by atoms with Gasteiger partial charge in [-0.05, 0) is 37.2 Å². The van der Waals surface area contributed by atoms with Gasteiger partial charge in [-0.3, -0.25) is 0 Å². The smallest absolute Gasteiger partial charge is 0.156 e. The van der Waals surface area contributed by atoms with Crippen LogP contribution < -0.4 is 5.73 Å². The van der Waals surface area contributed by atoms with Gasteiger partial charge in [0.2, 0.25) is 0 Å². The van der Waals surface area contributed by atoms with E-state index in [9.17, 15) is 0 Å². The van der Waals surface area contributed by atoms with E-state index in [4.69, 9.17) is 5.73 Å². The first kappa shape index (κ1) is 11.6. The average molecular weight is 251 g/mol. The van der Waals surface area contributed by atoms with Crippen LogP contribution in [0.4, 0.5) is 0 Å². The molecule has 0 aromatic carbocycles. The molecule has 0 aliphatic rings. The molecule has 2 N–H and O–H groups in total. The molecule has 2 rings (SSSR count). The van der Waals surface area contributed by atoms with Gasteiger partial charge in [0.25, 0.3) is 0 Å². The number of hydrogen-bond donors (Lipinski definition) is 1. The fourth-order valence-corrected chi connectivity index (χ4v) is 2.91. The van der Waals surface area contributed by atoms with E-state index in [0.717, 1.165) is 20.6 Å². The van der Waals surface area contributed by atoms with Gasteiger partial charge in [-0.25, -0.2) is 9.97 Å². The number of rotatable bonds is 3. The third-order valence-electron chi connectivity index (χ3n) is 2.07. The molecule has 0 aliphatic heterocycles. The predicted molar refractivity (Wildman–Crippen MR) is 67.8 cm³/mol. The number of pyridine rings is 1. The van der Waals surface area contributed by atoms with Crippen LogP contribution in [0.1, 0.15) is 24.2 Å². The Balaban J connectivity index is 2.11. The maximum Gasteiger partial charge on any atom is 0.156 e. The number of nitrogens with zero attached hydrogens (tertiary/aromatic N) is 2. The van der Waals surface area contributed by atoms with E-state index < -0.39 is 0 Å². The number of hydrogen-bond acceptors (Lipinski definition) is 5. The van der Waals surface area contributed by atoms with Crippen LogP contribution in [0.25, 0.3) is 0 Å². The summed E-state index contributed by atoms with van der Waals surface area (Å²) in [7, 11) is 0. The van der Waals surface area contributed by atoms with Gasteiger partial charge in [0, 0.05) is 23.3 Å². The molecule has 2 aromatic heterocycles. The maximum absolute atomic E-state index is 5.76. The van der Waals surface area contributed by atoms with E-state index in [1.165, 1.54) is 0 Å². The van der Waals surface area contributed by atoms with Crippen LogP contribution in [0.5, 0.6) is 0 Å². The van der Waals surface area contributed by atoms with E-state index in [1.807, 2.05) is 37.6 Å². The molecule has 2 heterocycles. The molecular weight excluding hydrogens is 238 g/mol. The third-order valence-corrected chi connectivity index (χ3v) is 4.08. The number of nitrogens with two attached hydrogens (primary N) is 1. The Morgan fingerprint density at radius 1 is 1.44 bits per heavy atom. The van der Waals surface area contributed by atoms with Crippen molar-refractivity contribution in [3.63, 3.8) is 0 Å². The summed E-state index contributed by atoms with van der Waals surface area (Å²) >= 11 is 3.23. The Bertz CT molecular complexity index is 462. The lowest BCUT2D eigenvalue weighted by molar-refractivity contribution is 0.806. The Labute approximate surface area is 103 Å². The van der Waals surface area contributed by atoms with Gasteiger partial charge < -0.3 is 5.73 Å². The van der Waals surface area contributed by atoms with Crippen LogP contribution in [-0.4, -0.2) is 9.97 Å². The Hall–Kier alpha value is -0.910. The molecule has 0 amide bonds. The monoisotopic (exact) mass is 251 g/mol. The van der Waals surface area contributed by atoms with Crippen LogP contribution in [-0.2, 0) is 0 Å². The van der Waals surface area contributed by atoms with E-state index in [0.29, 0.717) is 0 Å². The summed E-state index contributed by atoms with van der Waals surface area (Å²) in [6.07, 6.45) is 1.83. The quantitative estimate of drug-likeness (QED) is 0.911. The van der Waals surface area contributed by atoms with Gasteiger partial charge in [0.05, 0.1) is 0 Å². The van der Waals surface area contributed by atoms with Gasteiger partial charge >= 0.3 is 0 Å². The molecule has 3 nitrogen and oxygen atoms in total. The molecule has 5 heteroatoms. The second-order valence-electron chi connectivity index (χ2n) is 3.58. The standard InChI is InChI=1S/C11H13N3S2/c1-7-6-15-11(14-7)16-10-4-3-9(5-13-10)8(2)12/h3-6,8H,12H2,1-2H3. The van der Waals surface area contributed by atoms with E-state index in [-0.39, 0.29) is 6.04 Å². The summed E-state index contributed by atoms with van der Waals surface area (Å²) in [6, 6.07) is 4.04. The predicted octanol–water partition coefficient (Wildman–Crippen LogP) is 3.02. The molecule has 0 fully saturated rings. The van der Waals surface area contributed by atoms with Crippen molar-refractivity contribution in [3.8, 4) is 0 Å². The highest BCUT2D eigenvalue weighted by Crippen LogP contribution is 2.28. The first-order chi connectivity index (χ1) is 7.65. The number of aromatic nitrogens is 2. The molecule has 84 valence electrons. The average Bonchev–Trinajstić information content (AvgIpc) is 2.65. The molecule has 1 unspecified atom stereocenters. The maximum atomic E-state index is 5.76. The Morgan fingerprint density at radius 3 is 2.75 bits per heavy atom. The van der Waals surface area contributed by atoms with Crippen molar-refractivity contribution in [2.75, 3.05) is 0 Å². The normalized spacial score (nSPS) is 12.7. The lowest BCUT2D eigenvalue weighted by Crippen LogP contribution is -2.04. The van der Waals surface area contributed by atoms with Crippen LogP contribution in [0, 0.1) is 6.92 Å². The molecule has 16 heavy (non-hydrogen) atoms. The van der Waals surface area contributed by atoms with Crippen LogP contribution in [0.2, 0.25) is 0 Å². The zero-order valence-electron chi connectivity index (χ0n) is 9.18. The van der Waals surface area contributed by atoms with Gasteiger partial charge in [-0.15, -0.1) is 11.3 Å². The van der Waals surface area contributed by atoms with Crippen molar-refractivity contribution in [2.24, 2.45) is 5.73 Å². The summed E-state index contributed by atoms with van der Waals surface area (Å²) in [4.78, 5) is 8.73. The molecule has 0 saturated heterocycles. The molecule has 0 radical (unpaired) electrons. The van der Waals surface area contributed by atoms with Crippen molar-refractivity contribution in [2.45, 2.75) is 29.3 Å². The van der Waals surface area contributed by atoms with E-state index in [1.54, 1.807) is 23.1 Å². The highest BCUT2D eigenvalue weighted by Gasteiger charge is 2.04. The molecule has 0 aliphatic carbocycles. The SMILES string of the molecule is Cc1csc(Sc2ccc(C(C)N)cn2)n1. The lowest BCUT2D eigenvalue weighted by atomic mass is 10.2. The van der Waals surface area contributed by atoms with Crippen molar-refractivity contribution in [1.82, 2.24) is 9.97 Å². The summed E-state index contributed by atoms with van der Waals surface area (Å²) < 4.78 is 1.03. The molecule has 0 bridgehead atoms. The highest BCUT2D eigenvalue weighted by molar-refractivity contribution is 8.00. The van der Waals surface area contributed by atoms with Gasteiger partial charge in [0.1, 0.15) is 5.03 Å². The van der Waals surface area contributed by atoms with Crippen molar-refractivity contribution in [1.29, 1.82) is 0 Å². The summed E-state index contributed by atoms with van der Waals surface area (Å²) in [5.74, 6) is 0. The van der Waals surface area contributed by atoms with Crippen LogP contribution in [0.15, 0.2) is 33.1 Å². The first-order valence-electron chi connectivity index (χ1n) is 4.96. The minimum Gasteiger partial charge on any atom is -0.324 e.